The molecule has 5 aromatic rings. The van der Waals surface area contributed by atoms with Crippen molar-refractivity contribution in [3.05, 3.63) is 145 Å². The lowest BCUT2D eigenvalue weighted by Crippen LogP contribution is -2.35. The summed E-state index contributed by atoms with van der Waals surface area (Å²) < 4.78 is 135. The van der Waals surface area contributed by atoms with Gasteiger partial charge in [-0.05, 0) is 109 Å². The van der Waals surface area contributed by atoms with Crippen LogP contribution in [0.4, 0.5) is 37.7 Å². The molecule has 61 heavy (non-hydrogen) atoms. The smallest absolute Gasteiger partial charge is 0.388 e. The Kier molecular flexibility index (Phi) is 13.8. The Morgan fingerprint density at radius 3 is 2.05 bits per heavy atom. The van der Waals surface area contributed by atoms with E-state index < -0.39 is 70.6 Å². The van der Waals surface area contributed by atoms with Crippen LogP contribution in [0.25, 0.3) is 11.1 Å². The van der Waals surface area contributed by atoms with Crippen molar-refractivity contribution in [3.8, 4) is 11.1 Å². The standard InChI is InChI=1S/C43H40F6N3O6S3/c1-2-32(27-59-34-8-4-3-5-9-34)50-38-21-20-35(26-39(38)60(55,56)43(47,48)49)61(57,58)51-41(54)30-14-18-33(19-15-30)52-24-22-29(23-25-52)40(53)37-11-7-6-10-36(37)28-12-16-31(17-13-28)42(44,45)46/h3-21,26,29,32,40,50,53H,1-2,22-25,27H2,(H,51,54)/t32-,40-/m1/s1. The highest BCUT2D eigenvalue weighted by Gasteiger charge is 2.48. The number of thioether (sulfide) groups is 1. The highest BCUT2D eigenvalue weighted by molar-refractivity contribution is 7.99. The van der Waals surface area contributed by atoms with Gasteiger partial charge in [0.2, 0.25) is 0 Å². The van der Waals surface area contributed by atoms with E-state index in [0.717, 1.165) is 29.2 Å². The van der Waals surface area contributed by atoms with Crippen molar-refractivity contribution in [1.29, 1.82) is 0 Å². The Labute approximate surface area is 354 Å². The van der Waals surface area contributed by atoms with Gasteiger partial charge in [-0.3, -0.25) is 4.79 Å². The Morgan fingerprint density at radius 2 is 1.44 bits per heavy atom. The minimum atomic E-state index is -6.07. The molecular weight excluding hydrogens is 865 g/mol. The number of hydrogen-bond acceptors (Lipinski definition) is 9. The maximum Gasteiger partial charge on any atom is 0.501 e. The van der Waals surface area contributed by atoms with E-state index in [1.54, 1.807) is 53.3 Å². The van der Waals surface area contributed by atoms with Crippen molar-refractivity contribution >= 4 is 48.9 Å². The summed E-state index contributed by atoms with van der Waals surface area (Å²) in [5, 5.41) is 14.2. The summed E-state index contributed by atoms with van der Waals surface area (Å²) in [5.41, 5.74) is -4.70. The summed E-state index contributed by atoms with van der Waals surface area (Å²) in [6.07, 6.45) is -4.14. The molecule has 5 aromatic carbocycles. The summed E-state index contributed by atoms with van der Waals surface area (Å²) in [6, 6.07) is 28.3. The monoisotopic (exact) mass is 904 g/mol. The predicted octanol–water partition coefficient (Wildman–Crippen LogP) is 9.53. The number of rotatable bonds is 14. The van der Waals surface area contributed by atoms with Crippen LogP contribution in [0, 0.1) is 12.8 Å². The second-order valence-corrected chi connectivity index (χ2v) is 19.0. The van der Waals surface area contributed by atoms with Crippen LogP contribution in [0.3, 0.4) is 0 Å². The van der Waals surface area contributed by atoms with Gasteiger partial charge in [-0.1, -0.05) is 61.5 Å². The first-order valence-electron chi connectivity index (χ1n) is 18.8. The Balaban J connectivity index is 1.11. The summed E-state index contributed by atoms with van der Waals surface area (Å²) in [4.78, 5) is 13.8. The van der Waals surface area contributed by atoms with Gasteiger partial charge in [0, 0.05) is 41.0 Å². The zero-order valence-corrected chi connectivity index (χ0v) is 34.6. The number of hydrogen-bond donors (Lipinski definition) is 3. The molecule has 1 heterocycles. The molecule has 0 aliphatic carbocycles. The first-order valence-corrected chi connectivity index (χ1v) is 22.8. The van der Waals surface area contributed by atoms with Crippen LogP contribution >= 0.6 is 11.8 Å². The molecule has 18 heteroatoms. The molecule has 1 radical (unpaired) electrons. The van der Waals surface area contributed by atoms with Crippen molar-refractivity contribution in [3.63, 3.8) is 0 Å². The van der Waals surface area contributed by atoms with E-state index in [0.29, 0.717) is 60.1 Å². The number of halogens is 6. The lowest BCUT2D eigenvalue weighted by molar-refractivity contribution is -0.137. The quantitative estimate of drug-likeness (QED) is 0.0737. The zero-order chi connectivity index (χ0) is 44.2. The van der Waals surface area contributed by atoms with Crippen molar-refractivity contribution in [2.45, 2.75) is 57.8 Å². The number of nitrogens with one attached hydrogen (secondary N) is 2. The van der Waals surface area contributed by atoms with Crippen LogP contribution in [-0.2, 0) is 26.0 Å². The molecule has 1 aliphatic rings. The number of aliphatic hydroxyl groups excluding tert-OH is 1. The minimum Gasteiger partial charge on any atom is -0.388 e. The topological polar surface area (TPSA) is 133 Å². The molecule has 1 aliphatic heterocycles. The van der Waals surface area contributed by atoms with Crippen LogP contribution < -0.4 is 14.9 Å². The maximum absolute atomic E-state index is 13.9. The summed E-state index contributed by atoms with van der Waals surface area (Å²) in [6.45, 7) is 4.80. The van der Waals surface area contributed by atoms with E-state index >= 15 is 0 Å². The average molecular weight is 905 g/mol. The SMILES string of the molecule is [CH2]C[C@H](CSc1ccccc1)Nc1ccc(S(=O)(=O)NC(=O)c2ccc(N3CCC([C@@H](O)c4ccccc4-c4ccc(C(F)(F)F)cc4)CC3)cc2)cc1S(=O)(=O)C(F)(F)F. The molecule has 6 rings (SSSR count). The lowest BCUT2D eigenvalue weighted by Gasteiger charge is -2.36. The summed E-state index contributed by atoms with van der Waals surface area (Å²) in [5.74, 6) is -0.999. The highest BCUT2D eigenvalue weighted by Crippen LogP contribution is 2.39. The third-order valence-corrected chi connectivity index (χ3v) is 14.3. The summed E-state index contributed by atoms with van der Waals surface area (Å²) in [7, 11) is -10.9. The molecule has 3 N–H and O–H groups in total. The molecule has 1 saturated heterocycles. The van der Waals surface area contributed by atoms with E-state index in [-0.39, 0.29) is 17.9 Å². The maximum atomic E-state index is 13.9. The van der Waals surface area contributed by atoms with Gasteiger partial charge in [0.1, 0.15) is 4.90 Å². The molecule has 1 fully saturated rings. The van der Waals surface area contributed by atoms with Gasteiger partial charge >= 0.3 is 11.7 Å². The van der Waals surface area contributed by atoms with E-state index in [2.05, 4.69) is 12.2 Å². The third-order valence-electron chi connectivity index (χ3n) is 10.3. The Hall–Kier alpha value is -5.04. The van der Waals surface area contributed by atoms with Crippen molar-refractivity contribution in [2.75, 3.05) is 29.1 Å². The highest BCUT2D eigenvalue weighted by atomic mass is 32.2. The molecule has 0 bridgehead atoms. The van der Waals surface area contributed by atoms with Crippen LogP contribution in [0.5, 0.6) is 0 Å². The number of piperidine rings is 1. The van der Waals surface area contributed by atoms with Crippen molar-refractivity contribution in [2.24, 2.45) is 5.92 Å². The first-order chi connectivity index (χ1) is 28.8. The fourth-order valence-electron chi connectivity index (χ4n) is 6.91. The van der Waals surface area contributed by atoms with Gasteiger partial charge in [0.25, 0.3) is 25.8 Å². The number of nitrogens with zero attached hydrogens (tertiary/aromatic N) is 1. The van der Waals surface area contributed by atoms with E-state index in [4.69, 9.17) is 0 Å². The van der Waals surface area contributed by atoms with Gasteiger partial charge in [0.05, 0.1) is 22.3 Å². The number of anilines is 2. The number of amides is 1. The van der Waals surface area contributed by atoms with Crippen LogP contribution in [0.1, 0.15) is 46.9 Å². The Bertz CT molecular complexity index is 2530. The number of carbonyl (C=O) groups is 1. The number of alkyl halides is 6. The molecule has 2 atom stereocenters. The molecular formula is C43H40F6N3O6S3. The fraction of sp³-hybridized carbons (Fsp3) is 0.256. The van der Waals surface area contributed by atoms with Gasteiger partial charge in [-0.2, -0.15) is 26.3 Å². The zero-order valence-electron chi connectivity index (χ0n) is 32.2. The molecule has 0 aromatic heterocycles. The number of aliphatic hydroxyl groups is 1. The fourth-order valence-corrected chi connectivity index (χ4v) is 9.93. The minimum absolute atomic E-state index is 0.104. The van der Waals surface area contributed by atoms with Crippen LogP contribution in [0.15, 0.2) is 136 Å². The van der Waals surface area contributed by atoms with Gasteiger partial charge < -0.3 is 15.3 Å². The number of sulfone groups is 1. The molecule has 323 valence electrons. The van der Waals surface area contributed by atoms with Gasteiger partial charge in [-0.15, -0.1) is 11.8 Å². The second-order valence-electron chi connectivity index (χ2n) is 14.3. The van der Waals surface area contributed by atoms with E-state index in [1.165, 1.54) is 36.0 Å². The lowest BCUT2D eigenvalue weighted by atomic mass is 9.84. The Morgan fingerprint density at radius 1 is 0.820 bits per heavy atom. The molecule has 0 spiro atoms. The van der Waals surface area contributed by atoms with Gasteiger partial charge in [0.15, 0.2) is 0 Å². The van der Waals surface area contributed by atoms with E-state index in [1.807, 2.05) is 23.1 Å². The van der Waals surface area contributed by atoms with Crippen LogP contribution in [-0.4, -0.2) is 58.2 Å². The van der Waals surface area contributed by atoms with E-state index in [9.17, 15) is 53.1 Å². The third kappa shape index (κ3) is 10.7. The average Bonchev–Trinajstić information content (AvgIpc) is 3.24. The molecule has 0 unspecified atom stereocenters. The molecule has 9 nitrogen and oxygen atoms in total. The van der Waals surface area contributed by atoms with Crippen molar-refractivity contribution in [1.82, 2.24) is 4.72 Å². The number of sulfonamides is 1. The summed E-state index contributed by atoms with van der Waals surface area (Å²) >= 11 is 1.36. The normalized spacial score (nSPS) is 15.2. The van der Waals surface area contributed by atoms with Crippen LogP contribution in [0.2, 0.25) is 0 Å². The van der Waals surface area contributed by atoms with Gasteiger partial charge in [-0.25, -0.2) is 21.6 Å². The largest absolute Gasteiger partial charge is 0.501 e. The molecule has 1 amide bonds. The second kappa shape index (κ2) is 18.5. The van der Waals surface area contributed by atoms with Crippen molar-refractivity contribution < 1.29 is 53.1 Å². The number of carbonyl (C=O) groups excluding carboxylic acids is 1. The molecule has 0 saturated carbocycles. The first kappa shape index (κ1) is 45.5. The number of benzene rings is 5. The predicted molar refractivity (Wildman–Crippen MR) is 222 cm³/mol.